The first-order valence-corrected chi connectivity index (χ1v) is 12.5. The van der Waals surface area contributed by atoms with Crippen molar-refractivity contribution >= 4 is 0 Å². The molecular formula is C32H32O4. The standard InChI is InChI=1S/C32H32O4/c1-32(25-13-7-3-8-14-25,26-15-9-4-10-16-26)27-18-24(17-23-11-5-2-6-12-23)19-28(20-27)35-31-21-29(34)30(22-33)36-31/h2-16,18-20,29-31,33-34H,17,21-22H2,1H3/t29-,30-,31?/m1/s1. The van der Waals surface area contributed by atoms with Crippen molar-refractivity contribution in [1.29, 1.82) is 0 Å². The average molecular weight is 481 g/mol. The average Bonchev–Trinajstić information content (AvgIpc) is 3.28. The lowest BCUT2D eigenvalue weighted by Gasteiger charge is -2.33. The molecule has 1 unspecified atom stereocenters. The zero-order valence-electron chi connectivity index (χ0n) is 20.5. The van der Waals surface area contributed by atoms with E-state index in [1.54, 1.807) is 0 Å². The molecule has 2 N–H and O–H groups in total. The number of aliphatic hydroxyl groups excluding tert-OH is 2. The Labute approximate surface area is 212 Å². The van der Waals surface area contributed by atoms with Gasteiger partial charge in [0.05, 0.1) is 12.7 Å². The van der Waals surface area contributed by atoms with Gasteiger partial charge >= 0.3 is 0 Å². The summed E-state index contributed by atoms with van der Waals surface area (Å²) >= 11 is 0. The fourth-order valence-corrected chi connectivity index (χ4v) is 5.08. The molecule has 1 fully saturated rings. The van der Waals surface area contributed by atoms with Crippen LogP contribution in [-0.4, -0.2) is 35.3 Å². The van der Waals surface area contributed by atoms with Crippen LogP contribution in [0.15, 0.2) is 109 Å². The van der Waals surface area contributed by atoms with E-state index in [0.29, 0.717) is 12.2 Å². The molecule has 1 heterocycles. The van der Waals surface area contributed by atoms with Gasteiger partial charge in [-0.15, -0.1) is 0 Å². The normalized spacial score (nSPS) is 19.8. The van der Waals surface area contributed by atoms with Crippen molar-refractivity contribution in [2.45, 2.75) is 43.7 Å². The molecule has 0 aliphatic carbocycles. The molecule has 1 aliphatic heterocycles. The fraction of sp³-hybridized carbons (Fsp3) is 0.250. The summed E-state index contributed by atoms with van der Waals surface area (Å²) < 4.78 is 12.0. The lowest BCUT2D eigenvalue weighted by atomic mass is 9.70. The van der Waals surface area contributed by atoms with Crippen LogP contribution in [0.2, 0.25) is 0 Å². The Balaban J connectivity index is 1.60. The van der Waals surface area contributed by atoms with Gasteiger partial charge in [-0.2, -0.15) is 0 Å². The minimum absolute atomic E-state index is 0.236. The molecule has 5 rings (SSSR count). The quantitative estimate of drug-likeness (QED) is 0.328. The highest BCUT2D eigenvalue weighted by molar-refractivity contribution is 5.52. The van der Waals surface area contributed by atoms with Crippen LogP contribution < -0.4 is 4.74 Å². The van der Waals surface area contributed by atoms with Crippen LogP contribution >= 0.6 is 0 Å². The first-order valence-electron chi connectivity index (χ1n) is 12.5. The summed E-state index contributed by atoms with van der Waals surface area (Å²) in [5, 5.41) is 19.7. The largest absolute Gasteiger partial charge is 0.465 e. The van der Waals surface area contributed by atoms with Crippen molar-refractivity contribution < 1.29 is 19.7 Å². The Morgan fingerprint density at radius 2 is 1.36 bits per heavy atom. The van der Waals surface area contributed by atoms with E-state index < -0.39 is 23.9 Å². The van der Waals surface area contributed by atoms with Crippen LogP contribution in [0.25, 0.3) is 0 Å². The molecule has 184 valence electrons. The van der Waals surface area contributed by atoms with Crippen molar-refractivity contribution in [2.24, 2.45) is 0 Å². The van der Waals surface area contributed by atoms with Crippen LogP contribution in [0.3, 0.4) is 0 Å². The Morgan fingerprint density at radius 1 is 0.778 bits per heavy atom. The molecule has 4 nitrogen and oxygen atoms in total. The highest BCUT2D eigenvalue weighted by atomic mass is 16.7. The third kappa shape index (κ3) is 5.07. The van der Waals surface area contributed by atoms with E-state index in [4.69, 9.17) is 9.47 Å². The fourth-order valence-electron chi connectivity index (χ4n) is 5.08. The van der Waals surface area contributed by atoms with Crippen molar-refractivity contribution in [3.63, 3.8) is 0 Å². The van der Waals surface area contributed by atoms with Gasteiger partial charge in [0.1, 0.15) is 11.9 Å². The topological polar surface area (TPSA) is 58.9 Å². The molecule has 0 aromatic heterocycles. The first-order chi connectivity index (χ1) is 17.6. The molecule has 4 aromatic rings. The van der Waals surface area contributed by atoms with E-state index in [-0.39, 0.29) is 6.61 Å². The molecule has 0 spiro atoms. The van der Waals surface area contributed by atoms with Gasteiger partial charge in [-0.05, 0) is 53.3 Å². The van der Waals surface area contributed by atoms with E-state index in [9.17, 15) is 10.2 Å². The summed E-state index contributed by atoms with van der Waals surface area (Å²) in [6, 6.07) is 37.8. The number of aliphatic hydroxyl groups is 2. The summed E-state index contributed by atoms with van der Waals surface area (Å²) in [4.78, 5) is 0. The summed E-state index contributed by atoms with van der Waals surface area (Å²) in [5.41, 5.74) is 5.41. The maximum absolute atomic E-state index is 10.2. The second-order valence-electron chi connectivity index (χ2n) is 9.59. The van der Waals surface area contributed by atoms with Gasteiger partial charge in [0, 0.05) is 11.8 Å². The molecule has 0 saturated carbocycles. The Bertz CT molecular complexity index is 1220. The van der Waals surface area contributed by atoms with E-state index in [2.05, 4.69) is 97.9 Å². The molecule has 0 amide bonds. The Kier molecular flexibility index (Phi) is 7.19. The maximum atomic E-state index is 10.2. The second kappa shape index (κ2) is 10.7. The summed E-state index contributed by atoms with van der Waals surface area (Å²) in [6.07, 6.45) is -0.903. The minimum atomic E-state index is -0.745. The number of ether oxygens (including phenoxy) is 2. The third-order valence-corrected chi connectivity index (χ3v) is 7.13. The van der Waals surface area contributed by atoms with Gasteiger partial charge in [-0.3, -0.25) is 0 Å². The lowest BCUT2D eigenvalue weighted by Crippen LogP contribution is -2.26. The summed E-state index contributed by atoms with van der Waals surface area (Å²) in [6.45, 7) is 2.01. The lowest BCUT2D eigenvalue weighted by molar-refractivity contribution is -0.0932. The number of hydrogen-bond acceptors (Lipinski definition) is 4. The van der Waals surface area contributed by atoms with Gasteiger partial charge < -0.3 is 19.7 Å². The molecule has 36 heavy (non-hydrogen) atoms. The second-order valence-corrected chi connectivity index (χ2v) is 9.59. The Hall–Kier alpha value is -3.44. The van der Waals surface area contributed by atoms with E-state index in [1.165, 1.54) is 16.7 Å². The number of hydrogen-bond donors (Lipinski definition) is 2. The van der Waals surface area contributed by atoms with Gasteiger partial charge in [0.15, 0.2) is 0 Å². The zero-order valence-corrected chi connectivity index (χ0v) is 20.5. The molecule has 4 aromatic carbocycles. The van der Waals surface area contributed by atoms with Crippen molar-refractivity contribution in [3.8, 4) is 5.75 Å². The maximum Gasteiger partial charge on any atom is 0.202 e. The first kappa shape index (κ1) is 24.3. The highest BCUT2D eigenvalue weighted by Crippen LogP contribution is 2.41. The van der Waals surface area contributed by atoms with Crippen molar-refractivity contribution in [1.82, 2.24) is 0 Å². The molecular weight excluding hydrogens is 448 g/mol. The molecule has 0 radical (unpaired) electrons. The molecule has 0 bridgehead atoms. The van der Waals surface area contributed by atoms with Gasteiger partial charge in [-0.1, -0.05) is 97.1 Å². The summed E-state index contributed by atoms with van der Waals surface area (Å²) in [7, 11) is 0. The van der Waals surface area contributed by atoms with Crippen molar-refractivity contribution in [3.05, 3.63) is 137 Å². The van der Waals surface area contributed by atoms with E-state index >= 15 is 0 Å². The van der Waals surface area contributed by atoms with Crippen molar-refractivity contribution in [2.75, 3.05) is 6.61 Å². The molecule has 3 atom stereocenters. The number of rotatable bonds is 8. The Morgan fingerprint density at radius 3 is 1.92 bits per heavy atom. The van der Waals surface area contributed by atoms with E-state index in [0.717, 1.165) is 17.5 Å². The minimum Gasteiger partial charge on any atom is -0.465 e. The van der Waals surface area contributed by atoms with Crippen LogP contribution in [0.1, 0.15) is 41.2 Å². The monoisotopic (exact) mass is 480 g/mol. The van der Waals surface area contributed by atoms with Crippen LogP contribution in [0, 0.1) is 0 Å². The number of benzene rings is 4. The van der Waals surface area contributed by atoms with Crippen LogP contribution in [0.5, 0.6) is 5.75 Å². The molecule has 4 heteroatoms. The summed E-state index contributed by atoms with van der Waals surface area (Å²) in [5.74, 6) is 0.687. The highest BCUT2D eigenvalue weighted by Gasteiger charge is 2.36. The smallest absolute Gasteiger partial charge is 0.202 e. The van der Waals surface area contributed by atoms with Crippen LogP contribution in [0.4, 0.5) is 0 Å². The van der Waals surface area contributed by atoms with Gasteiger partial charge in [-0.25, -0.2) is 0 Å². The van der Waals surface area contributed by atoms with Gasteiger partial charge in [0.25, 0.3) is 0 Å². The molecule has 1 aliphatic rings. The van der Waals surface area contributed by atoms with Crippen LogP contribution in [-0.2, 0) is 16.6 Å². The molecule has 1 saturated heterocycles. The predicted molar refractivity (Wildman–Crippen MR) is 141 cm³/mol. The zero-order chi connectivity index (χ0) is 25.0. The van der Waals surface area contributed by atoms with Gasteiger partial charge in [0.2, 0.25) is 6.29 Å². The SMILES string of the molecule is CC(c1ccccc1)(c1ccccc1)c1cc(Cc2ccccc2)cc(OC2C[C@@H](O)[C@@H](CO)O2)c1. The third-order valence-electron chi connectivity index (χ3n) is 7.13. The van der Waals surface area contributed by atoms with E-state index in [1.807, 2.05) is 18.2 Å². The predicted octanol–water partition coefficient (Wildman–Crippen LogP) is 5.48.